The first-order valence-electron chi connectivity index (χ1n) is 10.8. The summed E-state index contributed by atoms with van der Waals surface area (Å²) in [6.45, 7) is 1.19. The first kappa shape index (κ1) is 24.0. The number of halogens is 1. The minimum Gasteiger partial charge on any atom is -0.478 e. The Morgan fingerprint density at radius 2 is 1.65 bits per heavy atom. The number of aromatic carboxylic acids is 1. The van der Waals surface area contributed by atoms with Gasteiger partial charge in [-0.05, 0) is 48.4 Å². The minimum atomic E-state index is -3.80. The molecule has 4 rings (SSSR count). The molecule has 2 aliphatic heterocycles. The smallest absolute Gasteiger partial charge is 0.335 e. The second-order valence-electron chi connectivity index (χ2n) is 8.29. The molecule has 2 heterocycles. The van der Waals surface area contributed by atoms with E-state index in [-0.39, 0.29) is 54.9 Å². The number of amides is 2. The van der Waals surface area contributed by atoms with Crippen molar-refractivity contribution in [3.8, 4) is 0 Å². The van der Waals surface area contributed by atoms with Crippen molar-refractivity contribution in [3.05, 3.63) is 65.5 Å². The number of nitrogens with zero attached hydrogens (tertiary/aromatic N) is 3. The molecule has 0 aliphatic carbocycles. The van der Waals surface area contributed by atoms with Crippen LogP contribution in [0.1, 0.15) is 28.8 Å². The van der Waals surface area contributed by atoms with Crippen LogP contribution in [0.2, 0.25) is 0 Å². The zero-order valence-corrected chi connectivity index (χ0v) is 19.1. The largest absolute Gasteiger partial charge is 0.478 e. The van der Waals surface area contributed by atoms with Crippen LogP contribution in [-0.4, -0.2) is 77.6 Å². The molecule has 2 amide bonds. The summed E-state index contributed by atoms with van der Waals surface area (Å²) >= 11 is 0. The van der Waals surface area contributed by atoms with Crippen molar-refractivity contribution in [2.75, 3.05) is 26.2 Å². The van der Waals surface area contributed by atoms with E-state index in [0.29, 0.717) is 18.5 Å². The predicted molar refractivity (Wildman–Crippen MR) is 119 cm³/mol. The topological polar surface area (TPSA) is 115 Å². The lowest BCUT2D eigenvalue weighted by Crippen LogP contribution is -2.44. The Balaban J connectivity index is 1.42. The van der Waals surface area contributed by atoms with Crippen LogP contribution in [0.25, 0.3) is 0 Å². The Hall–Kier alpha value is -3.15. The molecule has 1 unspecified atom stereocenters. The Kier molecular flexibility index (Phi) is 6.78. The van der Waals surface area contributed by atoms with Crippen LogP contribution in [0.5, 0.6) is 0 Å². The number of rotatable bonds is 6. The summed E-state index contributed by atoms with van der Waals surface area (Å²) in [6, 6.07) is 9.98. The minimum absolute atomic E-state index is 0.00885. The Labute approximate surface area is 196 Å². The Morgan fingerprint density at radius 1 is 0.971 bits per heavy atom. The van der Waals surface area contributed by atoms with Crippen LogP contribution in [0.3, 0.4) is 0 Å². The molecule has 2 aromatic carbocycles. The van der Waals surface area contributed by atoms with Crippen LogP contribution in [0.15, 0.2) is 53.4 Å². The molecule has 0 radical (unpaired) electrons. The van der Waals surface area contributed by atoms with E-state index in [1.165, 1.54) is 33.5 Å². The number of carboxylic acids is 1. The zero-order valence-electron chi connectivity index (χ0n) is 18.3. The maximum Gasteiger partial charge on any atom is 0.335 e. The van der Waals surface area contributed by atoms with Crippen molar-refractivity contribution in [3.63, 3.8) is 0 Å². The molecule has 2 aromatic rings. The van der Waals surface area contributed by atoms with E-state index >= 15 is 0 Å². The maximum absolute atomic E-state index is 13.2. The molecule has 9 nitrogen and oxygen atoms in total. The van der Waals surface area contributed by atoms with E-state index in [1.54, 1.807) is 12.1 Å². The van der Waals surface area contributed by atoms with Gasteiger partial charge in [-0.3, -0.25) is 19.4 Å². The number of hydrogen-bond acceptors (Lipinski definition) is 6. The molecule has 2 saturated heterocycles. The summed E-state index contributed by atoms with van der Waals surface area (Å²) in [4.78, 5) is 39.6. The van der Waals surface area contributed by atoms with Crippen molar-refractivity contribution in [2.45, 2.75) is 30.3 Å². The van der Waals surface area contributed by atoms with Crippen molar-refractivity contribution in [1.29, 1.82) is 0 Å². The Morgan fingerprint density at radius 3 is 2.29 bits per heavy atom. The molecule has 0 bridgehead atoms. The molecule has 180 valence electrons. The van der Waals surface area contributed by atoms with Crippen LogP contribution in [0, 0.1) is 5.82 Å². The molecule has 1 N–H and O–H groups in total. The number of imide groups is 1. The SMILES string of the molecule is O=C(O)c1ccc(CN2C(=O)CC(N3CCCN(S(=O)(=O)c4ccc(F)cc4)CC3)C2=O)cc1. The fourth-order valence-corrected chi connectivity index (χ4v) is 5.74. The quantitative estimate of drug-likeness (QED) is 0.612. The molecule has 34 heavy (non-hydrogen) atoms. The normalized spacial score (nSPS) is 20.5. The van der Waals surface area contributed by atoms with Gasteiger partial charge in [0, 0.05) is 26.2 Å². The second kappa shape index (κ2) is 9.61. The monoisotopic (exact) mass is 489 g/mol. The van der Waals surface area contributed by atoms with Crippen molar-refractivity contribution >= 4 is 27.8 Å². The van der Waals surface area contributed by atoms with Gasteiger partial charge in [0.1, 0.15) is 5.82 Å². The number of carboxylic acid groups (broad SMARTS) is 1. The fourth-order valence-electron chi connectivity index (χ4n) is 4.27. The summed E-state index contributed by atoms with van der Waals surface area (Å²) < 4.78 is 40.4. The third-order valence-corrected chi connectivity index (χ3v) is 8.06. The van der Waals surface area contributed by atoms with Crippen LogP contribution in [-0.2, 0) is 26.2 Å². The highest BCUT2D eigenvalue weighted by molar-refractivity contribution is 7.89. The van der Waals surface area contributed by atoms with Crippen LogP contribution in [0.4, 0.5) is 4.39 Å². The molecular formula is C23H24FN3O6S. The zero-order chi connectivity index (χ0) is 24.5. The molecule has 2 fully saturated rings. The summed E-state index contributed by atoms with van der Waals surface area (Å²) in [5.74, 6) is -2.25. The van der Waals surface area contributed by atoms with E-state index in [0.717, 1.165) is 12.1 Å². The summed E-state index contributed by atoms with van der Waals surface area (Å²) in [5.41, 5.74) is 0.755. The number of hydrogen-bond donors (Lipinski definition) is 1. The molecule has 2 aliphatic rings. The summed E-state index contributed by atoms with van der Waals surface area (Å²) in [5, 5.41) is 9.01. The summed E-state index contributed by atoms with van der Waals surface area (Å²) in [6.07, 6.45) is 0.492. The van der Waals surface area contributed by atoms with Gasteiger partial charge in [0.2, 0.25) is 21.8 Å². The van der Waals surface area contributed by atoms with Crippen LogP contribution < -0.4 is 0 Å². The van der Waals surface area contributed by atoms with Gasteiger partial charge in [-0.25, -0.2) is 17.6 Å². The lowest BCUT2D eigenvalue weighted by Gasteiger charge is -2.26. The number of carbonyl (C=O) groups is 3. The highest BCUT2D eigenvalue weighted by Crippen LogP contribution is 2.24. The average Bonchev–Trinajstić information content (AvgIpc) is 2.98. The van der Waals surface area contributed by atoms with E-state index in [9.17, 15) is 27.2 Å². The van der Waals surface area contributed by atoms with Gasteiger partial charge >= 0.3 is 5.97 Å². The molecular weight excluding hydrogens is 465 g/mol. The number of carbonyl (C=O) groups excluding carboxylic acids is 2. The molecule has 0 saturated carbocycles. The lowest BCUT2D eigenvalue weighted by atomic mass is 10.1. The molecule has 1 atom stereocenters. The predicted octanol–water partition coefficient (Wildman–Crippen LogP) is 1.55. The van der Waals surface area contributed by atoms with Crippen molar-refractivity contribution in [2.24, 2.45) is 0 Å². The van der Waals surface area contributed by atoms with Gasteiger partial charge in [-0.2, -0.15) is 4.31 Å². The third-order valence-electron chi connectivity index (χ3n) is 6.14. The van der Waals surface area contributed by atoms with Crippen molar-refractivity contribution < 1.29 is 32.3 Å². The second-order valence-corrected chi connectivity index (χ2v) is 10.2. The third kappa shape index (κ3) is 4.86. The molecule has 0 spiro atoms. The molecule has 0 aromatic heterocycles. The standard InChI is InChI=1S/C23H24FN3O6S/c24-18-6-8-19(9-7-18)34(32,33)26-11-1-10-25(12-13-26)20-14-21(28)27(22(20)29)15-16-2-4-17(5-3-16)23(30)31/h2-9,20H,1,10-15H2,(H,30,31). The van der Waals surface area contributed by atoms with Crippen LogP contribution >= 0.6 is 0 Å². The first-order chi connectivity index (χ1) is 16.2. The van der Waals surface area contributed by atoms with E-state index < -0.39 is 27.9 Å². The van der Waals surface area contributed by atoms with Gasteiger partial charge in [-0.15, -0.1) is 0 Å². The Bertz CT molecular complexity index is 1200. The first-order valence-corrected chi connectivity index (χ1v) is 12.3. The lowest BCUT2D eigenvalue weighted by molar-refractivity contribution is -0.140. The fraction of sp³-hybridized carbons (Fsp3) is 0.348. The number of sulfonamides is 1. The van der Waals surface area contributed by atoms with E-state index in [1.807, 2.05) is 4.90 Å². The van der Waals surface area contributed by atoms with E-state index in [2.05, 4.69) is 0 Å². The van der Waals surface area contributed by atoms with E-state index in [4.69, 9.17) is 5.11 Å². The highest BCUT2D eigenvalue weighted by atomic mass is 32.2. The summed E-state index contributed by atoms with van der Waals surface area (Å²) in [7, 11) is -3.80. The maximum atomic E-state index is 13.2. The van der Waals surface area contributed by atoms with Gasteiger partial charge in [0.05, 0.1) is 29.5 Å². The van der Waals surface area contributed by atoms with Gasteiger partial charge < -0.3 is 5.11 Å². The van der Waals surface area contributed by atoms with Gasteiger partial charge in [-0.1, -0.05) is 12.1 Å². The number of benzene rings is 2. The van der Waals surface area contributed by atoms with Crippen molar-refractivity contribution in [1.82, 2.24) is 14.1 Å². The van der Waals surface area contributed by atoms with Gasteiger partial charge in [0.25, 0.3) is 0 Å². The number of likely N-dealkylation sites (tertiary alicyclic amines) is 1. The molecule has 11 heteroatoms. The highest BCUT2D eigenvalue weighted by Gasteiger charge is 2.42. The van der Waals surface area contributed by atoms with Gasteiger partial charge in [0.15, 0.2) is 0 Å². The average molecular weight is 490 g/mol.